The number of ether oxygens (including phenoxy) is 1. The molecule has 2 atom stereocenters. The molecule has 0 radical (unpaired) electrons. The number of hydrogen-bond acceptors (Lipinski definition) is 6. The number of morpholine rings is 1. The fourth-order valence-corrected chi connectivity index (χ4v) is 2.43. The van der Waals surface area contributed by atoms with Gasteiger partial charge in [0.2, 0.25) is 5.91 Å². The highest BCUT2D eigenvalue weighted by molar-refractivity contribution is 5.94. The summed E-state index contributed by atoms with van der Waals surface area (Å²) in [6.07, 6.45) is -0.613. The van der Waals surface area contributed by atoms with Gasteiger partial charge in [-0.25, -0.2) is 0 Å². The van der Waals surface area contributed by atoms with Gasteiger partial charge in [-0.15, -0.1) is 0 Å². The number of primary amides is 1. The Hall–Kier alpha value is -2.19. The van der Waals surface area contributed by atoms with Crippen LogP contribution in [0.25, 0.3) is 0 Å². The van der Waals surface area contributed by atoms with Gasteiger partial charge in [0.1, 0.15) is 5.69 Å². The van der Waals surface area contributed by atoms with Crippen LogP contribution in [0.4, 0.5) is 11.4 Å². The summed E-state index contributed by atoms with van der Waals surface area (Å²) in [6.45, 7) is 2.38. The zero-order valence-electron chi connectivity index (χ0n) is 11.6. The first-order valence-electron chi connectivity index (χ1n) is 6.52. The highest BCUT2D eigenvalue weighted by Gasteiger charge is 2.29. The van der Waals surface area contributed by atoms with Crippen molar-refractivity contribution in [1.29, 1.82) is 0 Å². The third-order valence-corrected chi connectivity index (χ3v) is 3.33. The average Bonchev–Trinajstić information content (AvgIpc) is 2.45. The molecule has 8 nitrogen and oxygen atoms in total. The zero-order valence-corrected chi connectivity index (χ0v) is 11.6. The second-order valence-electron chi connectivity index (χ2n) is 4.98. The van der Waals surface area contributed by atoms with E-state index in [0.717, 1.165) is 0 Å². The lowest BCUT2D eigenvalue weighted by molar-refractivity contribution is -0.384. The molecular weight excluding hydrogens is 278 g/mol. The van der Waals surface area contributed by atoms with Crippen molar-refractivity contribution in [3.8, 4) is 0 Å². The van der Waals surface area contributed by atoms with Crippen molar-refractivity contribution in [2.75, 3.05) is 24.6 Å². The monoisotopic (exact) mass is 295 g/mol. The summed E-state index contributed by atoms with van der Waals surface area (Å²) >= 11 is 0. The maximum atomic E-state index is 11.3. The number of benzene rings is 1. The molecule has 8 heteroatoms. The quantitative estimate of drug-likeness (QED) is 0.608. The minimum Gasteiger partial charge on any atom is -0.394 e. The Kier molecular flexibility index (Phi) is 4.39. The van der Waals surface area contributed by atoms with Crippen molar-refractivity contribution in [2.24, 2.45) is 5.73 Å². The number of aliphatic hydroxyl groups is 1. The van der Waals surface area contributed by atoms with Crippen molar-refractivity contribution >= 4 is 17.3 Å². The third kappa shape index (κ3) is 3.29. The lowest BCUT2D eigenvalue weighted by atomic mass is 10.1. The van der Waals surface area contributed by atoms with E-state index >= 15 is 0 Å². The summed E-state index contributed by atoms with van der Waals surface area (Å²) in [4.78, 5) is 23.7. The predicted octanol–water partition coefficient (Wildman–Crippen LogP) is 0.280. The zero-order chi connectivity index (χ0) is 15.6. The smallest absolute Gasteiger partial charge is 0.292 e. The van der Waals surface area contributed by atoms with Crippen LogP contribution in [0.5, 0.6) is 0 Å². The number of nitro benzene ring substituents is 1. The van der Waals surface area contributed by atoms with Gasteiger partial charge in [-0.1, -0.05) is 0 Å². The van der Waals surface area contributed by atoms with E-state index in [1.165, 1.54) is 18.2 Å². The number of nitro groups is 1. The number of aliphatic hydroxyl groups excluding tert-OH is 1. The van der Waals surface area contributed by atoms with Crippen LogP contribution in [-0.4, -0.2) is 47.8 Å². The summed E-state index contributed by atoms with van der Waals surface area (Å²) in [7, 11) is 0. The summed E-state index contributed by atoms with van der Waals surface area (Å²) < 4.78 is 5.51. The molecule has 1 aromatic carbocycles. The Bertz CT molecular complexity index is 563. The second kappa shape index (κ2) is 6.06. The van der Waals surface area contributed by atoms with E-state index in [2.05, 4.69) is 0 Å². The van der Waals surface area contributed by atoms with Gasteiger partial charge < -0.3 is 20.5 Å². The molecule has 2 unspecified atom stereocenters. The van der Waals surface area contributed by atoms with Crippen molar-refractivity contribution in [2.45, 2.75) is 19.1 Å². The van der Waals surface area contributed by atoms with Gasteiger partial charge in [-0.3, -0.25) is 14.9 Å². The molecule has 3 N–H and O–H groups in total. The third-order valence-electron chi connectivity index (χ3n) is 3.33. The average molecular weight is 295 g/mol. The highest BCUT2D eigenvalue weighted by atomic mass is 16.6. The van der Waals surface area contributed by atoms with Gasteiger partial charge in [0.15, 0.2) is 0 Å². The summed E-state index contributed by atoms with van der Waals surface area (Å²) in [5.41, 5.74) is 5.64. The molecule has 0 spiro atoms. The number of amides is 1. The summed E-state index contributed by atoms with van der Waals surface area (Å²) in [6, 6.07) is 4.01. The van der Waals surface area contributed by atoms with Crippen LogP contribution in [0.1, 0.15) is 17.3 Å². The molecule has 0 aliphatic carbocycles. The summed E-state index contributed by atoms with van der Waals surface area (Å²) in [5.74, 6) is -0.647. The molecule has 1 heterocycles. The first-order valence-corrected chi connectivity index (χ1v) is 6.52. The Morgan fingerprint density at radius 1 is 1.57 bits per heavy atom. The van der Waals surface area contributed by atoms with E-state index in [1.54, 1.807) is 4.90 Å². The molecular formula is C13H17N3O5. The van der Waals surface area contributed by atoms with E-state index in [0.29, 0.717) is 18.8 Å². The number of carbonyl (C=O) groups is 1. The molecule has 1 saturated heterocycles. The van der Waals surface area contributed by atoms with Crippen molar-refractivity contribution in [1.82, 2.24) is 0 Å². The van der Waals surface area contributed by atoms with Crippen LogP contribution in [0.15, 0.2) is 18.2 Å². The maximum Gasteiger partial charge on any atom is 0.292 e. The normalized spacial score (nSPS) is 22.1. The van der Waals surface area contributed by atoms with Gasteiger partial charge in [-0.2, -0.15) is 0 Å². The molecule has 1 fully saturated rings. The van der Waals surface area contributed by atoms with Gasteiger partial charge >= 0.3 is 0 Å². The van der Waals surface area contributed by atoms with Crippen molar-refractivity contribution < 1.29 is 19.6 Å². The van der Waals surface area contributed by atoms with Crippen LogP contribution in [0.2, 0.25) is 0 Å². The Morgan fingerprint density at radius 3 is 2.86 bits per heavy atom. The van der Waals surface area contributed by atoms with E-state index in [-0.39, 0.29) is 24.0 Å². The van der Waals surface area contributed by atoms with E-state index in [9.17, 15) is 20.0 Å². The minimum atomic E-state index is -0.647. The highest BCUT2D eigenvalue weighted by Crippen LogP contribution is 2.31. The fraction of sp³-hybridized carbons (Fsp3) is 0.462. The number of rotatable bonds is 4. The first-order chi connectivity index (χ1) is 9.92. The number of nitrogens with zero attached hydrogens (tertiary/aromatic N) is 2. The molecule has 0 aromatic heterocycles. The number of nitrogens with two attached hydrogens (primary N) is 1. The van der Waals surface area contributed by atoms with Crippen LogP contribution in [-0.2, 0) is 4.74 Å². The predicted molar refractivity (Wildman–Crippen MR) is 75.2 cm³/mol. The lowest BCUT2D eigenvalue weighted by Gasteiger charge is -2.37. The van der Waals surface area contributed by atoms with E-state index < -0.39 is 16.9 Å². The topological polar surface area (TPSA) is 119 Å². The standard InChI is InChI=1S/C13H17N3O5/c1-8-5-15(6-10(7-17)21-8)12-4-9(13(14)18)2-3-11(12)16(19)20/h2-4,8,10,17H,5-7H2,1H3,(H2,14,18). The number of carbonyl (C=O) groups excluding carboxylic acids is 1. The molecule has 21 heavy (non-hydrogen) atoms. The van der Waals surface area contributed by atoms with Gasteiger partial charge in [0, 0.05) is 24.7 Å². The van der Waals surface area contributed by atoms with Gasteiger partial charge in [0.05, 0.1) is 23.7 Å². The molecule has 1 aromatic rings. The maximum absolute atomic E-state index is 11.3. The molecule has 114 valence electrons. The minimum absolute atomic E-state index is 0.106. The van der Waals surface area contributed by atoms with Crippen LogP contribution in [0.3, 0.4) is 0 Å². The SMILES string of the molecule is CC1CN(c2cc(C(N)=O)ccc2[N+](=O)[O-])CC(CO)O1. The van der Waals surface area contributed by atoms with E-state index in [1.807, 2.05) is 6.92 Å². The Morgan fingerprint density at radius 2 is 2.29 bits per heavy atom. The Labute approximate surface area is 121 Å². The molecule has 1 aliphatic heterocycles. The van der Waals surface area contributed by atoms with Crippen molar-refractivity contribution in [3.63, 3.8) is 0 Å². The van der Waals surface area contributed by atoms with Crippen LogP contribution >= 0.6 is 0 Å². The van der Waals surface area contributed by atoms with Crippen LogP contribution in [0, 0.1) is 10.1 Å². The largest absolute Gasteiger partial charge is 0.394 e. The molecule has 2 rings (SSSR count). The second-order valence-corrected chi connectivity index (χ2v) is 4.98. The molecule has 0 bridgehead atoms. The Balaban J connectivity index is 2.41. The van der Waals surface area contributed by atoms with Gasteiger partial charge in [0.25, 0.3) is 5.69 Å². The van der Waals surface area contributed by atoms with E-state index in [4.69, 9.17) is 10.5 Å². The molecule has 1 aliphatic rings. The fourth-order valence-electron chi connectivity index (χ4n) is 2.43. The summed E-state index contributed by atoms with van der Waals surface area (Å²) in [5, 5.41) is 20.4. The lowest BCUT2D eigenvalue weighted by Crippen LogP contribution is -2.48. The van der Waals surface area contributed by atoms with Crippen molar-refractivity contribution in [3.05, 3.63) is 33.9 Å². The molecule has 0 saturated carbocycles. The van der Waals surface area contributed by atoms with Crippen LogP contribution < -0.4 is 10.6 Å². The molecule has 1 amide bonds. The number of anilines is 1. The first kappa shape index (κ1) is 15.2. The number of hydrogen-bond donors (Lipinski definition) is 2. The van der Waals surface area contributed by atoms with Gasteiger partial charge in [-0.05, 0) is 19.1 Å².